The van der Waals surface area contributed by atoms with Gasteiger partial charge in [0.05, 0.1) is 6.26 Å². The van der Waals surface area contributed by atoms with Crippen LogP contribution in [0.2, 0.25) is 0 Å². The number of hydrogen-bond acceptors (Lipinski definition) is 4. The lowest BCUT2D eigenvalue weighted by Crippen LogP contribution is -2.50. The highest BCUT2D eigenvalue weighted by Gasteiger charge is 2.39. The first kappa shape index (κ1) is 19.2. The molecule has 0 radical (unpaired) electrons. The Hall–Kier alpha value is -2.08. The Bertz CT molecular complexity index is 760. The molecule has 6 heteroatoms. The zero-order chi connectivity index (χ0) is 19.3. The minimum atomic E-state index is -0.596. The molecular formula is C22H28N2O3S. The maximum atomic E-state index is 13.4. The summed E-state index contributed by atoms with van der Waals surface area (Å²) in [5.41, 5.74) is 0. The summed E-state index contributed by atoms with van der Waals surface area (Å²) in [7, 11) is 0. The van der Waals surface area contributed by atoms with Crippen LogP contribution in [0, 0.1) is 0 Å². The van der Waals surface area contributed by atoms with Crippen molar-refractivity contribution in [3.63, 3.8) is 0 Å². The molecule has 2 aromatic heterocycles. The van der Waals surface area contributed by atoms with Gasteiger partial charge in [-0.15, -0.1) is 11.3 Å². The van der Waals surface area contributed by atoms with E-state index in [2.05, 4.69) is 5.32 Å². The van der Waals surface area contributed by atoms with Gasteiger partial charge >= 0.3 is 0 Å². The van der Waals surface area contributed by atoms with Crippen LogP contribution in [-0.4, -0.2) is 28.8 Å². The van der Waals surface area contributed by atoms with E-state index in [0.717, 1.165) is 56.2 Å². The van der Waals surface area contributed by atoms with Crippen molar-refractivity contribution in [2.45, 2.75) is 75.9 Å². The van der Waals surface area contributed by atoms with E-state index in [-0.39, 0.29) is 23.9 Å². The summed E-state index contributed by atoms with van der Waals surface area (Å²) in [6, 6.07) is 7.03. The Morgan fingerprint density at radius 2 is 1.79 bits per heavy atom. The van der Waals surface area contributed by atoms with Gasteiger partial charge in [-0.1, -0.05) is 38.2 Å². The summed E-state index contributed by atoms with van der Waals surface area (Å²) in [5, 5.41) is 5.20. The van der Waals surface area contributed by atoms with Crippen LogP contribution in [0.15, 0.2) is 40.3 Å². The van der Waals surface area contributed by atoms with Gasteiger partial charge < -0.3 is 14.6 Å². The number of carbonyl (C=O) groups excluding carboxylic acids is 2. The van der Waals surface area contributed by atoms with Crippen LogP contribution in [0.3, 0.4) is 0 Å². The minimum absolute atomic E-state index is 0.0557. The van der Waals surface area contributed by atoms with Gasteiger partial charge in [0.2, 0.25) is 5.91 Å². The van der Waals surface area contributed by atoms with Crippen LogP contribution in [0.1, 0.15) is 79.3 Å². The molecule has 2 saturated carbocycles. The van der Waals surface area contributed by atoms with E-state index >= 15 is 0 Å². The molecule has 2 aliphatic carbocycles. The van der Waals surface area contributed by atoms with Crippen LogP contribution < -0.4 is 5.32 Å². The van der Waals surface area contributed by atoms with E-state index in [1.165, 1.54) is 24.0 Å². The van der Waals surface area contributed by atoms with E-state index in [1.54, 1.807) is 12.1 Å². The van der Waals surface area contributed by atoms with Gasteiger partial charge in [-0.3, -0.25) is 9.59 Å². The fraction of sp³-hybridized carbons (Fsp3) is 0.545. The number of furan rings is 1. The third-order valence-electron chi connectivity index (χ3n) is 5.98. The minimum Gasteiger partial charge on any atom is -0.459 e. The van der Waals surface area contributed by atoms with Gasteiger partial charge in [-0.25, -0.2) is 0 Å². The average Bonchev–Trinajstić information content (AvgIpc) is 3.49. The van der Waals surface area contributed by atoms with Crippen LogP contribution in [-0.2, 0) is 4.79 Å². The quantitative estimate of drug-likeness (QED) is 0.749. The number of amides is 2. The molecule has 2 aliphatic rings. The first-order valence-electron chi connectivity index (χ1n) is 10.4. The van der Waals surface area contributed by atoms with Crippen molar-refractivity contribution in [2.24, 2.45) is 0 Å². The number of nitrogens with one attached hydrogen (secondary N) is 1. The lowest BCUT2D eigenvalue weighted by molar-refractivity contribution is -0.127. The fourth-order valence-electron chi connectivity index (χ4n) is 4.57. The van der Waals surface area contributed by atoms with Crippen LogP contribution in [0.25, 0.3) is 0 Å². The molecule has 0 aliphatic heterocycles. The molecule has 2 fully saturated rings. The third-order valence-corrected chi connectivity index (χ3v) is 6.90. The Morgan fingerprint density at radius 1 is 1.04 bits per heavy atom. The van der Waals surface area contributed by atoms with Crippen LogP contribution in [0.4, 0.5) is 0 Å². The lowest BCUT2D eigenvalue weighted by Gasteiger charge is -2.39. The van der Waals surface area contributed by atoms with E-state index < -0.39 is 6.04 Å². The standard InChI is InChI=1S/C22H28N2O3S/c25-21(23-16-8-4-5-9-16)20(19-13-7-15-28-19)24(17-10-2-1-3-11-17)22(26)18-12-6-14-27-18/h6-7,12-17,20H,1-5,8-11H2,(H,23,25). The Balaban J connectivity index is 1.67. The van der Waals surface area contributed by atoms with Gasteiger partial charge in [-0.2, -0.15) is 0 Å². The Morgan fingerprint density at radius 3 is 2.43 bits per heavy atom. The molecule has 150 valence electrons. The zero-order valence-corrected chi connectivity index (χ0v) is 17.0. The lowest BCUT2D eigenvalue weighted by atomic mass is 9.92. The second-order valence-electron chi connectivity index (χ2n) is 7.89. The van der Waals surface area contributed by atoms with Crippen molar-refractivity contribution in [2.75, 3.05) is 0 Å². The van der Waals surface area contributed by atoms with Crippen molar-refractivity contribution in [3.05, 3.63) is 46.5 Å². The van der Waals surface area contributed by atoms with E-state index in [4.69, 9.17) is 4.42 Å². The number of carbonyl (C=O) groups is 2. The summed E-state index contributed by atoms with van der Waals surface area (Å²) in [6.45, 7) is 0. The summed E-state index contributed by atoms with van der Waals surface area (Å²) in [4.78, 5) is 29.6. The number of nitrogens with zero attached hydrogens (tertiary/aromatic N) is 1. The van der Waals surface area contributed by atoms with Gasteiger partial charge in [0.1, 0.15) is 6.04 Å². The summed E-state index contributed by atoms with van der Waals surface area (Å²) in [6.07, 6.45) is 11.1. The third kappa shape index (κ3) is 4.17. The largest absolute Gasteiger partial charge is 0.459 e. The summed E-state index contributed by atoms with van der Waals surface area (Å²) >= 11 is 1.54. The molecule has 0 aromatic carbocycles. The smallest absolute Gasteiger partial charge is 0.290 e. The maximum absolute atomic E-state index is 13.4. The average molecular weight is 401 g/mol. The first-order valence-corrected chi connectivity index (χ1v) is 11.3. The number of rotatable bonds is 6. The monoisotopic (exact) mass is 400 g/mol. The normalized spacial score (nSPS) is 19.4. The molecule has 2 amide bonds. The van der Waals surface area contributed by atoms with Crippen molar-refractivity contribution in [1.82, 2.24) is 10.2 Å². The predicted molar refractivity (Wildman–Crippen MR) is 109 cm³/mol. The molecule has 1 unspecified atom stereocenters. The van der Waals surface area contributed by atoms with E-state index in [0.29, 0.717) is 5.76 Å². The van der Waals surface area contributed by atoms with Gasteiger partial charge in [0.15, 0.2) is 5.76 Å². The van der Waals surface area contributed by atoms with Crippen LogP contribution in [0.5, 0.6) is 0 Å². The molecule has 0 spiro atoms. The predicted octanol–water partition coefficient (Wildman–Crippen LogP) is 4.92. The summed E-state index contributed by atoms with van der Waals surface area (Å²) in [5.74, 6) is 0.0671. The van der Waals surface area contributed by atoms with Gasteiger partial charge in [-0.05, 0) is 49.3 Å². The van der Waals surface area contributed by atoms with Gasteiger partial charge in [0, 0.05) is 17.0 Å². The second-order valence-corrected chi connectivity index (χ2v) is 8.87. The van der Waals surface area contributed by atoms with Crippen molar-refractivity contribution in [3.8, 4) is 0 Å². The maximum Gasteiger partial charge on any atom is 0.290 e. The van der Waals surface area contributed by atoms with Crippen molar-refractivity contribution >= 4 is 23.2 Å². The molecule has 0 bridgehead atoms. The van der Waals surface area contributed by atoms with E-state index in [9.17, 15) is 9.59 Å². The summed E-state index contributed by atoms with van der Waals surface area (Å²) < 4.78 is 5.43. The topological polar surface area (TPSA) is 62.6 Å². The highest BCUT2D eigenvalue weighted by molar-refractivity contribution is 7.10. The molecule has 5 nitrogen and oxygen atoms in total. The van der Waals surface area contributed by atoms with Gasteiger partial charge in [0.25, 0.3) is 5.91 Å². The molecular weight excluding hydrogens is 372 g/mol. The molecule has 1 atom stereocenters. The zero-order valence-electron chi connectivity index (χ0n) is 16.1. The molecule has 2 aromatic rings. The van der Waals surface area contributed by atoms with Crippen molar-refractivity contribution in [1.29, 1.82) is 0 Å². The SMILES string of the molecule is O=C(NC1CCCC1)C(c1cccs1)N(C(=O)c1ccco1)C1CCCCC1. The fourth-order valence-corrected chi connectivity index (χ4v) is 5.39. The number of thiophene rings is 1. The van der Waals surface area contributed by atoms with E-state index in [1.807, 2.05) is 22.4 Å². The van der Waals surface area contributed by atoms with Crippen molar-refractivity contribution < 1.29 is 14.0 Å². The molecule has 4 rings (SSSR count). The highest BCUT2D eigenvalue weighted by Crippen LogP contribution is 2.34. The first-order chi connectivity index (χ1) is 13.7. The highest BCUT2D eigenvalue weighted by atomic mass is 32.1. The molecule has 2 heterocycles. The van der Waals surface area contributed by atoms with Crippen LogP contribution >= 0.6 is 11.3 Å². The Labute approximate surface area is 170 Å². The Kier molecular flexibility index (Phi) is 6.15. The molecule has 1 N–H and O–H groups in total. The number of hydrogen-bond donors (Lipinski definition) is 1. The molecule has 0 saturated heterocycles. The molecule has 28 heavy (non-hydrogen) atoms. The second kappa shape index (κ2) is 8.95.